The minimum atomic E-state index is 0.970. The Morgan fingerprint density at radius 3 is 2.93 bits per heavy atom. The van der Waals surface area contributed by atoms with E-state index >= 15 is 0 Å². The summed E-state index contributed by atoms with van der Waals surface area (Å²) in [5.41, 5.74) is 6.03. The zero-order valence-electron chi connectivity index (χ0n) is 8.82. The lowest BCUT2D eigenvalue weighted by Crippen LogP contribution is -1.83. The Morgan fingerprint density at radius 1 is 1.33 bits per heavy atom. The highest BCUT2D eigenvalue weighted by Gasteiger charge is 2.08. The quantitative estimate of drug-likeness (QED) is 0.631. The lowest BCUT2D eigenvalue weighted by atomic mass is 10.3. The van der Waals surface area contributed by atoms with Crippen LogP contribution in [0, 0.1) is 0 Å². The second-order valence-electron chi connectivity index (χ2n) is 3.49. The summed E-state index contributed by atoms with van der Waals surface area (Å²) in [5, 5.41) is 2.29. The first-order chi connectivity index (χ1) is 7.33. The van der Waals surface area contributed by atoms with Gasteiger partial charge in [0.1, 0.15) is 5.00 Å². The Labute approximate surface area is 98.7 Å². The largest absolute Gasteiger partial charge is 0.390 e. The van der Waals surface area contributed by atoms with E-state index < -0.39 is 0 Å². The number of hydrogen-bond acceptors (Lipinski definition) is 3. The molecule has 0 aliphatic carbocycles. The molecule has 2 aromatic rings. The first kappa shape index (κ1) is 10.8. The number of unbranched alkanes of at least 4 members (excludes halogenated alkanes) is 1. The minimum absolute atomic E-state index is 0.970. The molecule has 1 aromatic heterocycles. The van der Waals surface area contributed by atoms with Gasteiger partial charge in [-0.25, -0.2) is 0 Å². The van der Waals surface area contributed by atoms with Gasteiger partial charge in [0.25, 0.3) is 0 Å². The van der Waals surface area contributed by atoms with Crippen LogP contribution in [-0.4, -0.2) is 5.75 Å². The molecule has 0 saturated carbocycles. The fraction of sp³-hybridized carbons (Fsp3) is 0.333. The molecule has 15 heavy (non-hydrogen) atoms. The van der Waals surface area contributed by atoms with E-state index in [4.69, 9.17) is 5.73 Å². The lowest BCUT2D eigenvalue weighted by molar-refractivity contribution is 0.896. The molecule has 0 spiro atoms. The number of thiophene rings is 1. The van der Waals surface area contributed by atoms with Crippen LogP contribution in [0.4, 0.5) is 5.00 Å². The molecule has 0 fully saturated rings. The zero-order chi connectivity index (χ0) is 10.7. The standard InChI is InChI=1S/C12H15NS2/c1-2-3-8-14-11-9-6-4-5-7-10(9)15-12(11)13/h4-7H,2-3,8,13H2,1H3. The van der Waals surface area contributed by atoms with Crippen LogP contribution in [0.25, 0.3) is 10.1 Å². The molecule has 3 heteroatoms. The number of thioether (sulfide) groups is 1. The van der Waals surface area contributed by atoms with Crippen LogP contribution >= 0.6 is 23.1 Å². The number of fused-ring (bicyclic) bond motifs is 1. The maximum absolute atomic E-state index is 6.03. The Balaban J connectivity index is 2.28. The van der Waals surface area contributed by atoms with Gasteiger partial charge in [-0.05, 0) is 18.2 Å². The van der Waals surface area contributed by atoms with Crippen molar-refractivity contribution in [2.24, 2.45) is 0 Å². The van der Waals surface area contributed by atoms with Crippen LogP contribution in [-0.2, 0) is 0 Å². The molecule has 80 valence electrons. The molecule has 1 heterocycles. The number of benzene rings is 1. The number of hydrogen-bond donors (Lipinski definition) is 1. The topological polar surface area (TPSA) is 26.0 Å². The third-order valence-electron chi connectivity index (χ3n) is 2.32. The molecule has 1 aromatic carbocycles. The number of anilines is 1. The van der Waals surface area contributed by atoms with Gasteiger partial charge in [-0.3, -0.25) is 0 Å². The van der Waals surface area contributed by atoms with Crippen LogP contribution < -0.4 is 5.73 Å². The van der Waals surface area contributed by atoms with Gasteiger partial charge in [0, 0.05) is 15.0 Å². The average molecular weight is 237 g/mol. The fourth-order valence-electron chi connectivity index (χ4n) is 1.51. The summed E-state index contributed by atoms with van der Waals surface area (Å²) in [6, 6.07) is 8.45. The molecule has 2 rings (SSSR count). The SMILES string of the molecule is CCCCSc1c(N)sc2ccccc12. The van der Waals surface area contributed by atoms with E-state index in [2.05, 4.69) is 31.2 Å². The maximum atomic E-state index is 6.03. The molecule has 0 unspecified atom stereocenters. The van der Waals surface area contributed by atoms with Gasteiger partial charge in [0.05, 0.1) is 0 Å². The van der Waals surface area contributed by atoms with Gasteiger partial charge in [-0.15, -0.1) is 23.1 Å². The van der Waals surface area contributed by atoms with Crippen molar-refractivity contribution < 1.29 is 0 Å². The molecule has 0 aliphatic rings. The van der Waals surface area contributed by atoms with Crippen molar-refractivity contribution >= 4 is 38.2 Å². The van der Waals surface area contributed by atoms with Crippen molar-refractivity contribution in [2.75, 3.05) is 11.5 Å². The van der Waals surface area contributed by atoms with E-state index in [1.54, 1.807) is 11.3 Å². The second kappa shape index (κ2) is 4.90. The van der Waals surface area contributed by atoms with Crippen LogP contribution in [0.15, 0.2) is 29.2 Å². The highest BCUT2D eigenvalue weighted by molar-refractivity contribution is 7.99. The van der Waals surface area contributed by atoms with Crippen LogP contribution in [0.5, 0.6) is 0 Å². The minimum Gasteiger partial charge on any atom is -0.390 e. The van der Waals surface area contributed by atoms with Crippen molar-refractivity contribution in [3.05, 3.63) is 24.3 Å². The first-order valence-electron chi connectivity index (χ1n) is 5.22. The smallest absolute Gasteiger partial charge is 0.101 e. The van der Waals surface area contributed by atoms with Crippen molar-refractivity contribution in [3.8, 4) is 0 Å². The second-order valence-corrected chi connectivity index (χ2v) is 5.68. The molecule has 0 aliphatic heterocycles. The predicted molar refractivity (Wildman–Crippen MR) is 71.9 cm³/mol. The Morgan fingerprint density at radius 2 is 2.13 bits per heavy atom. The van der Waals surface area contributed by atoms with Crippen LogP contribution in [0.1, 0.15) is 19.8 Å². The zero-order valence-corrected chi connectivity index (χ0v) is 10.5. The normalized spacial score (nSPS) is 11.0. The summed E-state index contributed by atoms with van der Waals surface area (Å²) in [7, 11) is 0. The molecular formula is C12H15NS2. The van der Waals surface area contributed by atoms with Gasteiger partial charge in [0.2, 0.25) is 0 Å². The average Bonchev–Trinajstić information content (AvgIpc) is 2.56. The van der Waals surface area contributed by atoms with E-state index in [1.807, 2.05) is 11.8 Å². The number of nitrogen functional groups attached to an aromatic ring is 1. The summed E-state index contributed by atoms with van der Waals surface area (Å²) in [6.07, 6.45) is 2.50. The van der Waals surface area contributed by atoms with Gasteiger partial charge >= 0.3 is 0 Å². The molecule has 2 N–H and O–H groups in total. The summed E-state index contributed by atoms with van der Waals surface area (Å²) in [6.45, 7) is 2.22. The van der Waals surface area contributed by atoms with Crippen molar-refractivity contribution in [3.63, 3.8) is 0 Å². The predicted octanol–water partition coefficient (Wildman–Crippen LogP) is 4.38. The molecule has 0 bridgehead atoms. The Bertz CT molecular complexity index is 448. The third kappa shape index (κ3) is 2.29. The Kier molecular flexibility index (Phi) is 3.54. The van der Waals surface area contributed by atoms with Crippen LogP contribution in [0.3, 0.4) is 0 Å². The van der Waals surface area contributed by atoms with Gasteiger partial charge in [-0.2, -0.15) is 0 Å². The summed E-state index contributed by atoms with van der Waals surface area (Å²) >= 11 is 3.59. The molecule has 0 atom stereocenters. The molecular weight excluding hydrogens is 222 g/mol. The van der Waals surface area contributed by atoms with E-state index in [-0.39, 0.29) is 0 Å². The van der Waals surface area contributed by atoms with E-state index in [0.29, 0.717) is 0 Å². The molecule has 0 radical (unpaired) electrons. The van der Waals surface area contributed by atoms with Gasteiger partial charge in [0.15, 0.2) is 0 Å². The van der Waals surface area contributed by atoms with Gasteiger partial charge < -0.3 is 5.73 Å². The molecule has 0 amide bonds. The highest BCUT2D eigenvalue weighted by Crippen LogP contribution is 2.40. The summed E-state index contributed by atoms with van der Waals surface area (Å²) < 4.78 is 1.30. The highest BCUT2D eigenvalue weighted by atomic mass is 32.2. The first-order valence-corrected chi connectivity index (χ1v) is 7.03. The maximum Gasteiger partial charge on any atom is 0.101 e. The van der Waals surface area contributed by atoms with Crippen LogP contribution in [0.2, 0.25) is 0 Å². The van der Waals surface area contributed by atoms with E-state index in [0.717, 1.165) is 5.00 Å². The van der Waals surface area contributed by atoms with E-state index in [9.17, 15) is 0 Å². The molecule has 0 saturated heterocycles. The molecule has 1 nitrogen and oxygen atoms in total. The van der Waals surface area contributed by atoms with Crippen molar-refractivity contribution in [1.29, 1.82) is 0 Å². The number of nitrogens with two attached hydrogens (primary N) is 1. The van der Waals surface area contributed by atoms with E-state index in [1.165, 1.54) is 33.6 Å². The number of rotatable bonds is 4. The van der Waals surface area contributed by atoms with Gasteiger partial charge in [-0.1, -0.05) is 31.5 Å². The Hall–Kier alpha value is -0.670. The van der Waals surface area contributed by atoms with Crippen molar-refractivity contribution in [2.45, 2.75) is 24.7 Å². The summed E-state index contributed by atoms with van der Waals surface area (Å²) in [4.78, 5) is 1.28. The summed E-state index contributed by atoms with van der Waals surface area (Å²) in [5.74, 6) is 1.17. The third-order valence-corrected chi connectivity index (χ3v) is 4.67. The monoisotopic (exact) mass is 237 g/mol. The van der Waals surface area contributed by atoms with Crippen molar-refractivity contribution in [1.82, 2.24) is 0 Å². The fourth-order valence-corrected chi connectivity index (χ4v) is 3.85. The lowest BCUT2D eigenvalue weighted by Gasteiger charge is -2.00.